The highest BCUT2D eigenvalue weighted by molar-refractivity contribution is 6.22. The Bertz CT molecular complexity index is 643. The van der Waals surface area contributed by atoms with Crippen molar-refractivity contribution in [3.63, 3.8) is 0 Å². The molecule has 3 nitrogen and oxygen atoms in total. The van der Waals surface area contributed by atoms with Gasteiger partial charge in [-0.3, -0.25) is 14.5 Å². The third kappa shape index (κ3) is 1.35. The SMILES string of the molecule is CC1=CC2CC1C1C(=O)N(c3ccc(C)cc3)C(=O)C21. The third-order valence-electron chi connectivity index (χ3n) is 5.17. The molecule has 1 saturated carbocycles. The molecule has 4 atom stereocenters. The fraction of sp³-hybridized carbons (Fsp3) is 0.412. The first-order valence-electron chi connectivity index (χ1n) is 7.20. The molecule has 1 aromatic carbocycles. The van der Waals surface area contributed by atoms with Gasteiger partial charge >= 0.3 is 0 Å². The molecule has 20 heavy (non-hydrogen) atoms. The lowest BCUT2D eigenvalue weighted by molar-refractivity contribution is -0.123. The Balaban J connectivity index is 1.74. The number of hydrogen-bond donors (Lipinski definition) is 0. The molecule has 3 aliphatic rings. The zero-order valence-corrected chi connectivity index (χ0v) is 11.7. The van der Waals surface area contributed by atoms with Crippen LogP contribution in [0.15, 0.2) is 35.9 Å². The summed E-state index contributed by atoms with van der Waals surface area (Å²) >= 11 is 0. The fourth-order valence-electron chi connectivity index (χ4n) is 4.22. The highest BCUT2D eigenvalue weighted by Gasteiger charge is 2.60. The van der Waals surface area contributed by atoms with Gasteiger partial charge in [0.05, 0.1) is 17.5 Å². The molecule has 0 aromatic heterocycles. The standard InChI is InChI=1S/C17H17NO2/c1-9-3-5-12(6-4-9)18-16(19)14-11-7-10(2)13(8-11)15(14)17(18)20/h3-7,11,13-15H,8H2,1-2H3. The zero-order valence-electron chi connectivity index (χ0n) is 11.7. The van der Waals surface area contributed by atoms with Gasteiger partial charge in [0.2, 0.25) is 11.8 Å². The van der Waals surface area contributed by atoms with Crippen LogP contribution in [0, 0.1) is 30.6 Å². The van der Waals surface area contributed by atoms with Gasteiger partial charge in [0.15, 0.2) is 0 Å². The number of amides is 2. The maximum atomic E-state index is 12.7. The maximum Gasteiger partial charge on any atom is 0.238 e. The highest BCUT2D eigenvalue weighted by Crippen LogP contribution is 2.55. The minimum atomic E-state index is -0.113. The molecule has 102 valence electrons. The number of imide groups is 1. The minimum absolute atomic E-state index is 0.0000954. The van der Waals surface area contributed by atoms with Crippen molar-refractivity contribution in [3.05, 3.63) is 41.5 Å². The van der Waals surface area contributed by atoms with E-state index >= 15 is 0 Å². The van der Waals surface area contributed by atoms with E-state index in [0.29, 0.717) is 0 Å². The van der Waals surface area contributed by atoms with E-state index in [2.05, 4.69) is 13.0 Å². The summed E-state index contributed by atoms with van der Waals surface area (Å²) in [7, 11) is 0. The summed E-state index contributed by atoms with van der Waals surface area (Å²) in [6.45, 7) is 4.09. The zero-order chi connectivity index (χ0) is 14.0. The summed E-state index contributed by atoms with van der Waals surface area (Å²) in [4.78, 5) is 26.8. The monoisotopic (exact) mass is 267 g/mol. The number of fused-ring (bicyclic) bond motifs is 5. The van der Waals surface area contributed by atoms with Crippen molar-refractivity contribution in [2.24, 2.45) is 23.7 Å². The van der Waals surface area contributed by atoms with E-state index in [0.717, 1.165) is 17.7 Å². The molecule has 1 aromatic rings. The summed E-state index contributed by atoms with van der Waals surface area (Å²) in [6.07, 6.45) is 3.19. The molecule has 0 spiro atoms. The van der Waals surface area contributed by atoms with Crippen LogP contribution in [0.5, 0.6) is 0 Å². The van der Waals surface area contributed by atoms with Crippen LogP contribution in [-0.2, 0) is 9.59 Å². The van der Waals surface area contributed by atoms with Crippen LogP contribution in [0.1, 0.15) is 18.9 Å². The number of benzene rings is 1. The normalized spacial score (nSPS) is 34.7. The Morgan fingerprint density at radius 2 is 1.65 bits per heavy atom. The lowest BCUT2D eigenvalue weighted by atomic mass is 9.82. The van der Waals surface area contributed by atoms with Gasteiger partial charge in [-0.25, -0.2) is 0 Å². The number of nitrogens with zero attached hydrogens (tertiary/aromatic N) is 1. The molecule has 1 aliphatic heterocycles. The van der Waals surface area contributed by atoms with Gasteiger partial charge in [-0.05, 0) is 44.2 Å². The Kier molecular flexibility index (Phi) is 2.27. The van der Waals surface area contributed by atoms with Crippen molar-refractivity contribution in [1.82, 2.24) is 0 Å². The molecule has 2 aliphatic carbocycles. The molecule has 2 amide bonds. The smallest absolute Gasteiger partial charge is 0.238 e. The topological polar surface area (TPSA) is 37.4 Å². The van der Waals surface area contributed by atoms with E-state index in [9.17, 15) is 9.59 Å². The van der Waals surface area contributed by atoms with Crippen LogP contribution in [0.2, 0.25) is 0 Å². The van der Waals surface area contributed by atoms with Gasteiger partial charge in [0.1, 0.15) is 0 Å². The Hall–Kier alpha value is -1.90. The lowest BCUT2D eigenvalue weighted by Gasteiger charge is -2.19. The van der Waals surface area contributed by atoms with E-state index in [1.165, 1.54) is 10.5 Å². The summed E-state index contributed by atoms with van der Waals surface area (Å²) in [5.74, 6) is 0.342. The van der Waals surface area contributed by atoms with Crippen LogP contribution in [0.4, 0.5) is 5.69 Å². The summed E-state index contributed by atoms with van der Waals surface area (Å²) in [5.41, 5.74) is 3.14. The van der Waals surface area contributed by atoms with Gasteiger partial charge in [-0.1, -0.05) is 29.3 Å². The van der Waals surface area contributed by atoms with Gasteiger partial charge < -0.3 is 0 Å². The number of carbonyl (C=O) groups is 2. The van der Waals surface area contributed by atoms with Gasteiger partial charge in [-0.15, -0.1) is 0 Å². The number of carbonyl (C=O) groups excluding carboxylic acids is 2. The second-order valence-corrected chi connectivity index (χ2v) is 6.32. The molecule has 0 N–H and O–H groups in total. The first-order valence-corrected chi connectivity index (χ1v) is 7.20. The molecule has 0 radical (unpaired) electrons. The Labute approximate surface area is 118 Å². The second kappa shape index (κ2) is 3.81. The maximum absolute atomic E-state index is 12.7. The molecule has 1 saturated heterocycles. The number of aryl methyl sites for hydroxylation is 1. The Morgan fingerprint density at radius 1 is 1.00 bits per heavy atom. The van der Waals surface area contributed by atoms with E-state index in [-0.39, 0.29) is 35.5 Å². The number of hydrogen-bond acceptors (Lipinski definition) is 2. The van der Waals surface area contributed by atoms with Crippen LogP contribution in [0.25, 0.3) is 0 Å². The van der Waals surface area contributed by atoms with Gasteiger partial charge in [0, 0.05) is 0 Å². The quantitative estimate of drug-likeness (QED) is 0.579. The second-order valence-electron chi connectivity index (χ2n) is 6.32. The van der Waals surface area contributed by atoms with Crippen LogP contribution < -0.4 is 4.90 Å². The van der Waals surface area contributed by atoms with Crippen LogP contribution in [0.3, 0.4) is 0 Å². The summed E-state index contributed by atoms with van der Waals surface area (Å²) in [5, 5.41) is 0. The van der Waals surface area contributed by atoms with E-state index in [1.54, 1.807) is 0 Å². The van der Waals surface area contributed by atoms with Crippen molar-refractivity contribution >= 4 is 17.5 Å². The average molecular weight is 267 g/mol. The largest absolute Gasteiger partial charge is 0.274 e. The Morgan fingerprint density at radius 3 is 2.35 bits per heavy atom. The van der Waals surface area contributed by atoms with Gasteiger partial charge in [0.25, 0.3) is 0 Å². The minimum Gasteiger partial charge on any atom is -0.274 e. The van der Waals surface area contributed by atoms with E-state index in [1.807, 2.05) is 31.2 Å². The van der Waals surface area contributed by atoms with Crippen molar-refractivity contribution < 1.29 is 9.59 Å². The molecule has 4 rings (SSSR count). The predicted octanol–water partition coefficient (Wildman–Crippen LogP) is 2.70. The third-order valence-corrected chi connectivity index (χ3v) is 5.17. The average Bonchev–Trinajstić information content (AvgIpc) is 3.03. The molecular formula is C17H17NO2. The predicted molar refractivity (Wildman–Crippen MR) is 76.0 cm³/mol. The molecular weight excluding hydrogens is 250 g/mol. The van der Waals surface area contributed by atoms with Crippen molar-refractivity contribution in [3.8, 4) is 0 Å². The molecule has 4 unspecified atom stereocenters. The first kappa shape index (κ1) is 11.9. The van der Waals surface area contributed by atoms with E-state index in [4.69, 9.17) is 0 Å². The molecule has 2 bridgehead atoms. The van der Waals surface area contributed by atoms with Crippen LogP contribution in [-0.4, -0.2) is 11.8 Å². The highest BCUT2D eigenvalue weighted by atomic mass is 16.2. The fourth-order valence-corrected chi connectivity index (χ4v) is 4.22. The summed E-state index contributed by atoms with van der Waals surface area (Å²) < 4.78 is 0. The van der Waals surface area contributed by atoms with Crippen molar-refractivity contribution in [1.29, 1.82) is 0 Å². The van der Waals surface area contributed by atoms with Gasteiger partial charge in [-0.2, -0.15) is 0 Å². The lowest BCUT2D eigenvalue weighted by Crippen LogP contribution is -2.32. The number of anilines is 1. The first-order chi connectivity index (χ1) is 9.58. The summed E-state index contributed by atoms with van der Waals surface area (Å²) in [6, 6.07) is 7.63. The van der Waals surface area contributed by atoms with E-state index < -0.39 is 0 Å². The number of rotatable bonds is 1. The number of allylic oxidation sites excluding steroid dienone is 2. The molecule has 1 heterocycles. The molecule has 2 fully saturated rings. The van der Waals surface area contributed by atoms with Crippen LogP contribution >= 0.6 is 0 Å². The van der Waals surface area contributed by atoms with Crippen molar-refractivity contribution in [2.75, 3.05) is 4.90 Å². The molecule has 3 heteroatoms. The van der Waals surface area contributed by atoms with Crippen molar-refractivity contribution in [2.45, 2.75) is 20.3 Å².